The topological polar surface area (TPSA) is 117 Å². The number of amides is 3. The van der Waals surface area contributed by atoms with Gasteiger partial charge in [0.2, 0.25) is 17.7 Å². The first kappa shape index (κ1) is 21.0. The van der Waals surface area contributed by atoms with Gasteiger partial charge in [-0.15, -0.1) is 0 Å². The monoisotopic (exact) mass is 410 g/mol. The van der Waals surface area contributed by atoms with Gasteiger partial charge in [-0.3, -0.25) is 14.4 Å². The van der Waals surface area contributed by atoms with Crippen LogP contribution in [-0.4, -0.2) is 34.8 Å². The first-order valence-electron chi connectivity index (χ1n) is 9.49. The van der Waals surface area contributed by atoms with Gasteiger partial charge in [0.25, 0.3) is 0 Å². The Morgan fingerprint density at radius 2 is 1.80 bits per heavy atom. The molecule has 3 rings (SSSR count). The molecule has 0 bridgehead atoms. The first-order chi connectivity index (χ1) is 14.3. The summed E-state index contributed by atoms with van der Waals surface area (Å²) in [6, 6.07) is 11.4. The average Bonchev–Trinajstić information content (AvgIpc) is 3.09. The Morgan fingerprint density at radius 3 is 2.50 bits per heavy atom. The lowest BCUT2D eigenvalue weighted by molar-refractivity contribution is -0.130. The van der Waals surface area contributed by atoms with E-state index in [1.807, 2.05) is 24.3 Å². The summed E-state index contributed by atoms with van der Waals surface area (Å²) in [4.78, 5) is 39.5. The zero-order chi connectivity index (χ0) is 21.7. The van der Waals surface area contributed by atoms with Crippen LogP contribution in [0.3, 0.4) is 0 Å². The van der Waals surface area contributed by atoms with Crippen LogP contribution >= 0.6 is 0 Å². The van der Waals surface area contributed by atoms with Gasteiger partial charge in [0, 0.05) is 36.9 Å². The van der Waals surface area contributed by atoms with Crippen LogP contribution in [0.1, 0.15) is 18.1 Å². The van der Waals surface area contributed by atoms with Crippen molar-refractivity contribution in [3.63, 3.8) is 0 Å². The van der Waals surface area contributed by atoms with E-state index in [0.29, 0.717) is 5.56 Å². The standard InChI is InChI=1S/C22H23FN4O3/c1-13(28)26-20(10-14-5-4-6-16(23)9-14)22(30)27-19(21(24)29)11-15-12-25-18-8-3-2-7-17(15)18/h2-9,12,19-20,25H,10-11H2,1H3,(H2,24,29)(H,26,28)(H,27,30)/t19-,20+/m0/s1. The molecule has 30 heavy (non-hydrogen) atoms. The molecule has 156 valence electrons. The molecule has 0 saturated carbocycles. The maximum absolute atomic E-state index is 13.5. The molecule has 2 atom stereocenters. The van der Waals surface area contributed by atoms with E-state index >= 15 is 0 Å². The second-order valence-electron chi connectivity index (χ2n) is 7.11. The number of carbonyl (C=O) groups excluding carboxylic acids is 3. The smallest absolute Gasteiger partial charge is 0.243 e. The number of hydrogen-bond acceptors (Lipinski definition) is 3. The highest BCUT2D eigenvalue weighted by molar-refractivity contribution is 5.92. The molecule has 3 aromatic rings. The molecule has 7 nitrogen and oxygen atoms in total. The van der Waals surface area contributed by atoms with Gasteiger partial charge >= 0.3 is 0 Å². The van der Waals surface area contributed by atoms with E-state index in [1.54, 1.807) is 12.3 Å². The largest absolute Gasteiger partial charge is 0.368 e. The average molecular weight is 410 g/mol. The second kappa shape index (κ2) is 9.21. The Balaban J connectivity index is 1.76. The molecule has 0 saturated heterocycles. The lowest BCUT2D eigenvalue weighted by atomic mass is 10.0. The van der Waals surface area contributed by atoms with Gasteiger partial charge < -0.3 is 21.4 Å². The minimum absolute atomic E-state index is 0.0712. The normalized spacial score (nSPS) is 12.9. The van der Waals surface area contributed by atoms with Gasteiger partial charge in [0.1, 0.15) is 17.9 Å². The molecule has 1 heterocycles. The lowest BCUT2D eigenvalue weighted by Gasteiger charge is -2.21. The molecular formula is C22H23FN4O3. The summed E-state index contributed by atoms with van der Waals surface area (Å²) >= 11 is 0. The highest BCUT2D eigenvalue weighted by atomic mass is 19.1. The summed E-state index contributed by atoms with van der Waals surface area (Å²) < 4.78 is 13.5. The fraction of sp³-hybridized carbons (Fsp3) is 0.227. The first-order valence-corrected chi connectivity index (χ1v) is 9.49. The van der Waals surface area contributed by atoms with Crippen molar-refractivity contribution >= 4 is 28.6 Å². The number of primary amides is 1. The lowest BCUT2D eigenvalue weighted by Crippen LogP contribution is -2.54. The van der Waals surface area contributed by atoms with E-state index in [1.165, 1.54) is 25.1 Å². The summed E-state index contributed by atoms with van der Waals surface area (Å²) in [5.74, 6) is -2.12. The van der Waals surface area contributed by atoms with Crippen LogP contribution < -0.4 is 16.4 Å². The number of hydrogen-bond donors (Lipinski definition) is 4. The number of rotatable bonds is 8. The van der Waals surface area contributed by atoms with Crippen LogP contribution in [-0.2, 0) is 27.2 Å². The van der Waals surface area contributed by atoms with Gasteiger partial charge in [-0.05, 0) is 29.3 Å². The van der Waals surface area contributed by atoms with Crippen molar-refractivity contribution in [1.29, 1.82) is 0 Å². The van der Waals surface area contributed by atoms with E-state index in [4.69, 9.17) is 5.73 Å². The minimum Gasteiger partial charge on any atom is -0.368 e. The maximum atomic E-state index is 13.5. The Labute approximate surface area is 172 Å². The molecule has 0 aliphatic rings. The van der Waals surface area contributed by atoms with E-state index in [0.717, 1.165) is 16.5 Å². The van der Waals surface area contributed by atoms with Crippen LogP contribution in [0.5, 0.6) is 0 Å². The van der Waals surface area contributed by atoms with Crippen LogP contribution in [0.4, 0.5) is 4.39 Å². The highest BCUT2D eigenvalue weighted by Gasteiger charge is 2.26. The number of nitrogens with two attached hydrogens (primary N) is 1. The zero-order valence-corrected chi connectivity index (χ0v) is 16.4. The van der Waals surface area contributed by atoms with Crippen LogP contribution in [0.15, 0.2) is 54.7 Å². The Morgan fingerprint density at radius 1 is 1.03 bits per heavy atom. The molecule has 2 aromatic carbocycles. The maximum Gasteiger partial charge on any atom is 0.243 e. The number of para-hydroxylation sites is 1. The van der Waals surface area contributed by atoms with Crippen molar-refractivity contribution in [1.82, 2.24) is 15.6 Å². The molecule has 0 aliphatic heterocycles. The van der Waals surface area contributed by atoms with Gasteiger partial charge in [-0.1, -0.05) is 30.3 Å². The van der Waals surface area contributed by atoms with Gasteiger partial charge in [-0.2, -0.15) is 0 Å². The van der Waals surface area contributed by atoms with Crippen LogP contribution in [0, 0.1) is 5.82 Å². The number of aromatic amines is 1. The molecule has 0 aliphatic carbocycles. The molecule has 0 radical (unpaired) electrons. The fourth-order valence-electron chi connectivity index (χ4n) is 3.37. The minimum atomic E-state index is -0.978. The number of nitrogens with one attached hydrogen (secondary N) is 3. The van der Waals surface area contributed by atoms with E-state index in [-0.39, 0.29) is 12.8 Å². The van der Waals surface area contributed by atoms with Crippen molar-refractivity contribution in [3.8, 4) is 0 Å². The predicted molar refractivity (Wildman–Crippen MR) is 111 cm³/mol. The molecule has 3 amide bonds. The van der Waals surface area contributed by atoms with E-state index < -0.39 is 35.6 Å². The van der Waals surface area contributed by atoms with Crippen molar-refractivity contribution < 1.29 is 18.8 Å². The SMILES string of the molecule is CC(=O)N[C@H](Cc1cccc(F)c1)C(=O)N[C@@H](Cc1c[nH]c2ccccc12)C(N)=O. The third kappa shape index (κ3) is 5.22. The number of fused-ring (bicyclic) bond motifs is 1. The molecule has 0 unspecified atom stereocenters. The number of carbonyl (C=O) groups is 3. The van der Waals surface area contributed by atoms with E-state index in [9.17, 15) is 18.8 Å². The third-order valence-corrected chi connectivity index (χ3v) is 4.78. The summed E-state index contributed by atoms with van der Waals surface area (Å²) in [7, 11) is 0. The van der Waals surface area contributed by atoms with Crippen molar-refractivity contribution in [2.75, 3.05) is 0 Å². The summed E-state index contributed by atoms with van der Waals surface area (Å²) in [5, 5.41) is 6.10. The second-order valence-corrected chi connectivity index (χ2v) is 7.11. The molecule has 0 fully saturated rings. The van der Waals surface area contributed by atoms with Crippen molar-refractivity contribution in [3.05, 3.63) is 71.7 Å². The van der Waals surface area contributed by atoms with Gasteiger partial charge in [0.05, 0.1) is 0 Å². The summed E-state index contributed by atoms with van der Waals surface area (Å²) in [6.07, 6.45) is 2.03. The molecule has 8 heteroatoms. The van der Waals surface area contributed by atoms with Crippen molar-refractivity contribution in [2.45, 2.75) is 31.8 Å². The zero-order valence-electron chi connectivity index (χ0n) is 16.4. The molecular weight excluding hydrogens is 387 g/mol. The Kier molecular flexibility index (Phi) is 6.46. The Hall–Kier alpha value is -3.68. The quantitative estimate of drug-likeness (QED) is 0.451. The number of aromatic nitrogens is 1. The summed E-state index contributed by atoms with van der Waals surface area (Å²) in [6.45, 7) is 1.28. The summed E-state index contributed by atoms with van der Waals surface area (Å²) in [5.41, 5.74) is 7.79. The Bertz CT molecular complexity index is 1080. The van der Waals surface area contributed by atoms with Crippen LogP contribution in [0.2, 0.25) is 0 Å². The van der Waals surface area contributed by atoms with Gasteiger partial charge in [0.15, 0.2) is 0 Å². The predicted octanol–water partition coefficient (Wildman–Crippen LogP) is 1.57. The number of H-pyrrole nitrogens is 1. The molecule has 1 aromatic heterocycles. The van der Waals surface area contributed by atoms with Crippen LogP contribution in [0.25, 0.3) is 10.9 Å². The number of benzene rings is 2. The van der Waals surface area contributed by atoms with Crippen molar-refractivity contribution in [2.24, 2.45) is 5.73 Å². The van der Waals surface area contributed by atoms with E-state index in [2.05, 4.69) is 15.6 Å². The van der Waals surface area contributed by atoms with Gasteiger partial charge in [-0.25, -0.2) is 4.39 Å². The molecule has 0 spiro atoms. The third-order valence-electron chi connectivity index (χ3n) is 4.78. The fourth-order valence-corrected chi connectivity index (χ4v) is 3.37. The highest BCUT2D eigenvalue weighted by Crippen LogP contribution is 2.19. The molecule has 5 N–H and O–H groups in total. The number of halogens is 1.